The summed E-state index contributed by atoms with van der Waals surface area (Å²) in [5.41, 5.74) is 1.34. The molecule has 2 aliphatic rings. The standard InChI is InChI=1S/C27H39N7O5/c1-5-6-22-27(38)29-18(4)25(36)31-23(13-17(2)3)26(37)28-15-20-16-34(33-32-20)11-12-39-21-9-7-19(8-10-21)14-24(35)30-22/h7-10,16-18,22-23H,5-6,11-15H2,1-4H3,(H,28,37)(H,29,38)(H,30,35)(H,31,36)/t18-,22+,23-/m1/s1. The number of carbonyl (C=O) groups excluding carboxylic acids is 4. The molecule has 12 nitrogen and oxygen atoms in total. The van der Waals surface area contributed by atoms with Crippen LogP contribution >= 0.6 is 0 Å². The van der Waals surface area contributed by atoms with E-state index in [2.05, 4.69) is 31.6 Å². The van der Waals surface area contributed by atoms with Gasteiger partial charge >= 0.3 is 0 Å². The number of hydrogen-bond donors (Lipinski definition) is 4. The Hall–Kier alpha value is -3.96. The van der Waals surface area contributed by atoms with Crippen LogP contribution in [0.15, 0.2) is 30.5 Å². The first-order valence-electron chi connectivity index (χ1n) is 13.4. The number of nitrogens with zero attached hydrogens (tertiary/aromatic N) is 3. The minimum atomic E-state index is -0.912. The van der Waals surface area contributed by atoms with Gasteiger partial charge in [-0.2, -0.15) is 0 Å². The van der Waals surface area contributed by atoms with E-state index in [1.807, 2.05) is 20.8 Å². The molecule has 3 atom stereocenters. The van der Waals surface area contributed by atoms with Gasteiger partial charge in [0.1, 0.15) is 36.2 Å². The quantitative estimate of drug-likeness (QED) is 0.418. The van der Waals surface area contributed by atoms with Gasteiger partial charge in [0.15, 0.2) is 0 Å². The predicted octanol–water partition coefficient (Wildman–Crippen LogP) is 0.850. The highest BCUT2D eigenvalue weighted by Gasteiger charge is 2.27. The topological polar surface area (TPSA) is 156 Å². The molecule has 0 spiro atoms. The van der Waals surface area contributed by atoms with E-state index in [1.165, 1.54) is 0 Å². The first kappa shape index (κ1) is 29.6. The second-order valence-corrected chi connectivity index (χ2v) is 10.2. The highest BCUT2D eigenvalue weighted by molar-refractivity contribution is 5.94. The van der Waals surface area contributed by atoms with Crippen molar-refractivity contribution in [2.75, 3.05) is 6.61 Å². The SMILES string of the molecule is CCC[C@@H]1NC(=O)Cc2ccc(cc2)OCCn2cc(nn2)CNC(=O)[C@@H](CC(C)C)NC(=O)[C@@H](C)NC1=O. The summed E-state index contributed by atoms with van der Waals surface area (Å²) in [6, 6.07) is 4.67. The molecule has 1 aromatic heterocycles. The Labute approximate surface area is 228 Å². The lowest BCUT2D eigenvalue weighted by molar-refractivity contribution is -0.133. The maximum Gasteiger partial charge on any atom is 0.243 e. The Bertz CT molecular complexity index is 1130. The van der Waals surface area contributed by atoms with Crippen LogP contribution in [0.4, 0.5) is 0 Å². The number of rotatable bonds is 4. The van der Waals surface area contributed by atoms with Crippen molar-refractivity contribution in [1.29, 1.82) is 0 Å². The minimum absolute atomic E-state index is 0.0948. The molecule has 12 heteroatoms. The van der Waals surface area contributed by atoms with Gasteiger partial charge in [-0.1, -0.05) is 44.5 Å². The van der Waals surface area contributed by atoms with Crippen LogP contribution in [0.3, 0.4) is 0 Å². The van der Waals surface area contributed by atoms with E-state index in [4.69, 9.17) is 4.74 Å². The predicted molar refractivity (Wildman–Crippen MR) is 143 cm³/mol. The third kappa shape index (κ3) is 9.38. The van der Waals surface area contributed by atoms with E-state index >= 15 is 0 Å². The molecule has 4 N–H and O–H groups in total. The molecule has 1 aromatic carbocycles. The Morgan fingerprint density at radius 2 is 1.74 bits per heavy atom. The largest absolute Gasteiger partial charge is 0.492 e. The number of ether oxygens (including phenoxy) is 1. The molecule has 0 saturated carbocycles. The molecule has 4 bridgehead atoms. The lowest BCUT2D eigenvalue weighted by Crippen LogP contribution is -2.56. The molecule has 39 heavy (non-hydrogen) atoms. The molecule has 0 aliphatic carbocycles. The van der Waals surface area contributed by atoms with Crippen molar-refractivity contribution in [3.8, 4) is 5.75 Å². The van der Waals surface area contributed by atoms with Crippen LogP contribution in [0.1, 0.15) is 58.2 Å². The molecule has 0 radical (unpaired) electrons. The molecular weight excluding hydrogens is 502 g/mol. The van der Waals surface area contributed by atoms with Gasteiger partial charge in [0.05, 0.1) is 25.7 Å². The van der Waals surface area contributed by atoms with Crippen LogP contribution in [0.5, 0.6) is 5.75 Å². The van der Waals surface area contributed by atoms with E-state index in [1.54, 1.807) is 42.1 Å². The summed E-state index contributed by atoms with van der Waals surface area (Å²) < 4.78 is 7.40. The second-order valence-electron chi connectivity index (χ2n) is 10.2. The smallest absolute Gasteiger partial charge is 0.243 e. The molecule has 2 aromatic rings. The maximum absolute atomic E-state index is 13.0. The summed E-state index contributed by atoms with van der Waals surface area (Å²) in [6.07, 6.45) is 3.31. The third-order valence-corrected chi connectivity index (χ3v) is 6.23. The van der Waals surface area contributed by atoms with Crippen LogP contribution in [-0.4, -0.2) is 63.4 Å². The fraction of sp³-hybridized carbons (Fsp3) is 0.556. The van der Waals surface area contributed by atoms with E-state index in [0.29, 0.717) is 43.9 Å². The fourth-order valence-electron chi connectivity index (χ4n) is 4.16. The highest BCUT2D eigenvalue weighted by Crippen LogP contribution is 2.13. The Balaban J connectivity index is 1.79. The second kappa shape index (κ2) is 14.3. The molecule has 4 amide bonds. The molecular formula is C27H39N7O5. The van der Waals surface area contributed by atoms with Crippen molar-refractivity contribution >= 4 is 23.6 Å². The number of fused-ring (bicyclic) bond motifs is 16. The number of carbonyl (C=O) groups is 4. The maximum atomic E-state index is 13.0. The fourth-order valence-corrected chi connectivity index (χ4v) is 4.16. The van der Waals surface area contributed by atoms with Crippen molar-refractivity contribution in [2.24, 2.45) is 5.92 Å². The van der Waals surface area contributed by atoms with Crippen molar-refractivity contribution in [3.63, 3.8) is 0 Å². The Kier molecular flexibility index (Phi) is 10.8. The Morgan fingerprint density at radius 1 is 1.00 bits per heavy atom. The first-order valence-corrected chi connectivity index (χ1v) is 13.4. The van der Waals surface area contributed by atoms with E-state index in [9.17, 15) is 19.2 Å². The van der Waals surface area contributed by atoms with Gasteiger partial charge in [-0.3, -0.25) is 19.2 Å². The molecule has 0 fully saturated rings. The lowest BCUT2D eigenvalue weighted by atomic mass is 10.0. The summed E-state index contributed by atoms with van der Waals surface area (Å²) in [4.78, 5) is 51.6. The summed E-state index contributed by atoms with van der Waals surface area (Å²) in [6.45, 7) is 8.32. The molecule has 212 valence electrons. The average molecular weight is 542 g/mol. The van der Waals surface area contributed by atoms with Gasteiger partial charge in [-0.25, -0.2) is 4.68 Å². The molecule has 0 unspecified atom stereocenters. The molecule has 0 saturated heterocycles. The lowest BCUT2D eigenvalue weighted by Gasteiger charge is -2.24. The minimum Gasteiger partial charge on any atom is -0.492 e. The zero-order chi connectivity index (χ0) is 28.4. The van der Waals surface area contributed by atoms with E-state index < -0.39 is 29.9 Å². The van der Waals surface area contributed by atoms with E-state index in [-0.39, 0.29) is 30.7 Å². The summed E-state index contributed by atoms with van der Waals surface area (Å²) >= 11 is 0. The zero-order valence-corrected chi connectivity index (χ0v) is 23.0. The summed E-state index contributed by atoms with van der Waals surface area (Å²) in [5, 5.41) is 19.2. The number of hydrogen-bond acceptors (Lipinski definition) is 7. The van der Waals surface area contributed by atoms with Crippen molar-refractivity contribution < 1.29 is 23.9 Å². The number of amides is 4. The van der Waals surface area contributed by atoms with Crippen LogP contribution < -0.4 is 26.0 Å². The Morgan fingerprint density at radius 3 is 2.44 bits per heavy atom. The first-order chi connectivity index (χ1) is 18.6. The van der Waals surface area contributed by atoms with Gasteiger partial charge in [0.2, 0.25) is 23.6 Å². The van der Waals surface area contributed by atoms with Crippen LogP contribution in [0, 0.1) is 5.92 Å². The van der Waals surface area contributed by atoms with Gasteiger partial charge in [0, 0.05) is 0 Å². The molecule has 2 aliphatic heterocycles. The van der Waals surface area contributed by atoms with Gasteiger partial charge in [0.25, 0.3) is 0 Å². The van der Waals surface area contributed by atoms with E-state index in [0.717, 1.165) is 5.56 Å². The summed E-state index contributed by atoms with van der Waals surface area (Å²) in [7, 11) is 0. The molecule has 4 rings (SSSR count). The summed E-state index contributed by atoms with van der Waals surface area (Å²) in [5.74, 6) is -0.822. The van der Waals surface area contributed by atoms with Crippen LogP contribution in [-0.2, 0) is 38.7 Å². The van der Waals surface area contributed by atoms with Crippen LogP contribution in [0.25, 0.3) is 0 Å². The third-order valence-electron chi connectivity index (χ3n) is 6.23. The number of nitrogens with one attached hydrogen (secondary N) is 4. The van der Waals surface area contributed by atoms with Crippen molar-refractivity contribution in [2.45, 2.75) is 84.6 Å². The number of benzene rings is 1. The number of aromatic nitrogens is 3. The van der Waals surface area contributed by atoms with Crippen LogP contribution in [0.2, 0.25) is 0 Å². The van der Waals surface area contributed by atoms with Crippen molar-refractivity contribution in [1.82, 2.24) is 36.3 Å². The molecule has 3 heterocycles. The zero-order valence-electron chi connectivity index (χ0n) is 23.0. The normalized spacial score (nSPS) is 21.9. The highest BCUT2D eigenvalue weighted by atomic mass is 16.5. The van der Waals surface area contributed by atoms with Crippen molar-refractivity contribution in [3.05, 3.63) is 41.7 Å². The van der Waals surface area contributed by atoms with Gasteiger partial charge < -0.3 is 26.0 Å². The van der Waals surface area contributed by atoms with Gasteiger partial charge in [-0.05, 0) is 43.4 Å². The van der Waals surface area contributed by atoms with Gasteiger partial charge in [-0.15, -0.1) is 5.10 Å². The monoisotopic (exact) mass is 541 g/mol. The average Bonchev–Trinajstić information content (AvgIpc) is 3.34.